The van der Waals surface area contributed by atoms with Crippen molar-refractivity contribution in [2.45, 2.75) is 12.3 Å². The van der Waals surface area contributed by atoms with Crippen LogP contribution in [0.1, 0.15) is 23.5 Å². The van der Waals surface area contributed by atoms with Gasteiger partial charge in [-0.15, -0.1) is 6.58 Å². The van der Waals surface area contributed by atoms with Crippen LogP contribution in [0.3, 0.4) is 0 Å². The number of hydrogen-bond acceptors (Lipinski definition) is 1. The summed E-state index contributed by atoms with van der Waals surface area (Å²) in [6.45, 7) is 3.82. The first-order valence-electron chi connectivity index (χ1n) is 7.27. The van der Waals surface area contributed by atoms with Crippen molar-refractivity contribution in [2.75, 3.05) is 0 Å². The smallest absolute Gasteiger partial charge is 0.123 e. The molecular formula is C20H17FO. The molecule has 0 aliphatic carbocycles. The van der Waals surface area contributed by atoms with Crippen molar-refractivity contribution in [2.24, 2.45) is 0 Å². The molecule has 0 heterocycles. The van der Waals surface area contributed by atoms with Crippen LogP contribution >= 0.6 is 0 Å². The molecule has 3 aromatic carbocycles. The van der Waals surface area contributed by atoms with Crippen molar-refractivity contribution < 1.29 is 9.50 Å². The van der Waals surface area contributed by atoms with Crippen molar-refractivity contribution >= 4 is 10.8 Å². The Balaban J connectivity index is 2.22. The Labute approximate surface area is 129 Å². The Hall–Kier alpha value is -2.61. The predicted molar refractivity (Wildman–Crippen MR) is 88.7 cm³/mol. The van der Waals surface area contributed by atoms with E-state index < -0.39 is 0 Å². The number of rotatable bonds is 4. The molecule has 0 saturated carbocycles. The van der Waals surface area contributed by atoms with Gasteiger partial charge in [0.25, 0.3) is 0 Å². The minimum absolute atomic E-state index is 0.0517. The van der Waals surface area contributed by atoms with E-state index in [4.69, 9.17) is 0 Å². The third-order valence-electron chi connectivity index (χ3n) is 3.97. The molecule has 2 heteroatoms. The molecule has 0 amide bonds. The summed E-state index contributed by atoms with van der Waals surface area (Å²) in [5.41, 5.74) is 1.83. The highest BCUT2D eigenvalue weighted by Gasteiger charge is 2.19. The molecule has 1 N–H and O–H groups in total. The van der Waals surface area contributed by atoms with Gasteiger partial charge in [0, 0.05) is 11.5 Å². The van der Waals surface area contributed by atoms with Gasteiger partial charge in [-0.1, -0.05) is 48.5 Å². The van der Waals surface area contributed by atoms with Gasteiger partial charge in [0.05, 0.1) is 0 Å². The van der Waals surface area contributed by atoms with Crippen LogP contribution in [0.15, 0.2) is 73.3 Å². The van der Waals surface area contributed by atoms with Crippen LogP contribution in [0.2, 0.25) is 0 Å². The van der Waals surface area contributed by atoms with E-state index in [0.29, 0.717) is 6.42 Å². The maximum atomic E-state index is 13.2. The number of phenolic OH excluding ortho intramolecular Hbond substituents is 1. The second-order valence-electron chi connectivity index (χ2n) is 5.35. The predicted octanol–water partition coefficient (Wildman–Crippen LogP) is 5.39. The Bertz CT molecular complexity index is 806. The van der Waals surface area contributed by atoms with Crippen LogP contribution in [0.25, 0.3) is 10.8 Å². The van der Waals surface area contributed by atoms with Crippen LogP contribution in [-0.2, 0) is 0 Å². The van der Waals surface area contributed by atoms with Crippen molar-refractivity contribution in [1.29, 1.82) is 0 Å². The maximum Gasteiger partial charge on any atom is 0.123 e. The Morgan fingerprint density at radius 2 is 1.73 bits per heavy atom. The molecule has 1 unspecified atom stereocenters. The first kappa shape index (κ1) is 14.3. The number of hydrogen-bond donors (Lipinski definition) is 1. The number of allylic oxidation sites excluding steroid dienone is 1. The van der Waals surface area contributed by atoms with Gasteiger partial charge < -0.3 is 5.11 Å². The summed E-state index contributed by atoms with van der Waals surface area (Å²) in [4.78, 5) is 0. The minimum Gasteiger partial charge on any atom is -0.508 e. The zero-order chi connectivity index (χ0) is 15.5. The number of benzene rings is 3. The molecule has 3 rings (SSSR count). The first-order chi connectivity index (χ1) is 10.7. The fourth-order valence-corrected chi connectivity index (χ4v) is 2.93. The van der Waals surface area contributed by atoms with Crippen LogP contribution in [-0.4, -0.2) is 5.11 Å². The minimum atomic E-state index is -0.261. The summed E-state index contributed by atoms with van der Waals surface area (Å²) < 4.78 is 13.2. The lowest BCUT2D eigenvalue weighted by Crippen LogP contribution is -2.02. The molecule has 3 aromatic rings. The zero-order valence-electron chi connectivity index (χ0n) is 12.2. The Morgan fingerprint density at radius 1 is 1.00 bits per heavy atom. The summed E-state index contributed by atoms with van der Waals surface area (Å²) in [5.74, 6) is -0.0534. The normalized spacial score (nSPS) is 12.2. The number of aromatic hydroxyl groups is 1. The van der Waals surface area contributed by atoms with Gasteiger partial charge in [-0.05, 0) is 41.0 Å². The zero-order valence-corrected chi connectivity index (χ0v) is 12.2. The van der Waals surface area contributed by atoms with E-state index in [1.165, 1.54) is 12.1 Å². The quantitative estimate of drug-likeness (QED) is 0.639. The van der Waals surface area contributed by atoms with Gasteiger partial charge in [0.1, 0.15) is 11.6 Å². The van der Waals surface area contributed by atoms with Crippen molar-refractivity contribution in [1.82, 2.24) is 0 Å². The fourth-order valence-electron chi connectivity index (χ4n) is 2.93. The SMILES string of the molecule is C=CCC(c1ccc(F)cc1)c1c(O)ccc2ccccc12. The van der Waals surface area contributed by atoms with Gasteiger partial charge in [0.2, 0.25) is 0 Å². The third-order valence-corrected chi connectivity index (χ3v) is 3.97. The standard InChI is InChI=1S/C20H17FO/c1-2-5-17(15-8-11-16(21)12-9-15)20-18-7-4-3-6-14(18)10-13-19(20)22/h2-4,6-13,17,22H,1,5H2. The molecule has 0 aliphatic rings. The van der Waals surface area contributed by atoms with E-state index in [-0.39, 0.29) is 17.5 Å². The van der Waals surface area contributed by atoms with Crippen LogP contribution in [0, 0.1) is 5.82 Å². The van der Waals surface area contributed by atoms with Crippen molar-refractivity contribution in [3.63, 3.8) is 0 Å². The molecule has 1 atom stereocenters. The summed E-state index contributed by atoms with van der Waals surface area (Å²) >= 11 is 0. The summed E-state index contributed by atoms with van der Waals surface area (Å²) in [6.07, 6.45) is 2.50. The van der Waals surface area contributed by atoms with E-state index in [2.05, 4.69) is 6.58 Å². The largest absolute Gasteiger partial charge is 0.508 e. The molecule has 0 aliphatic heterocycles. The fraction of sp³-hybridized carbons (Fsp3) is 0.100. The van der Waals surface area contributed by atoms with Crippen LogP contribution < -0.4 is 0 Å². The van der Waals surface area contributed by atoms with E-state index in [1.807, 2.05) is 36.4 Å². The lowest BCUT2D eigenvalue weighted by molar-refractivity contribution is 0.466. The maximum absolute atomic E-state index is 13.2. The van der Waals surface area contributed by atoms with Gasteiger partial charge in [0.15, 0.2) is 0 Å². The molecule has 0 spiro atoms. The second-order valence-corrected chi connectivity index (χ2v) is 5.35. The third kappa shape index (κ3) is 2.60. The van der Waals surface area contributed by atoms with E-state index >= 15 is 0 Å². The lowest BCUT2D eigenvalue weighted by atomic mass is 9.85. The molecular weight excluding hydrogens is 275 g/mol. The van der Waals surface area contributed by atoms with Crippen molar-refractivity contribution in [3.8, 4) is 5.75 Å². The number of phenols is 1. The molecule has 0 saturated heterocycles. The van der Waals surface area contributed by atoms with Gasteiger partial charge in [-0.25, -0.2) is 4.39 Å². The Kier molecular flexibility index (Phi) is 3.92. The average molecular weight is 292 g/mol. The average Bonchev–Trinajstić information content (AvgIpc) is 2.54. The highest BCUT2D eigenvalue weighted by molar-refractivity contribution is 5.88. The Morgan fingerprint density at radius 3 is 2.45 bits per heavy atom. The number of halogens is 1. The van der Waals surface area contributed by atoms with Gasteiger partial charge in [-0.2, -0.15) is 0 Å². The van der Waals surface area contributed by atoms with Crippen LogP contribution in [0.4, 0.5) is 4.39 Å². The lowest BCUT2D eigenvalue weighted by Gasteiger charge is -2.20. The number of fused-ring (bicyclic) bond motifs is 1. The molecule has 22 heavy (non-hydrogen) atoms. The molecule has 0 bridgehead atoms. The van der Waals surface area contributed by atoms with E-state index in [0.717, 1.165) is 21.9 Å². The molecule has 0 fully saturated rings. The van der Waals surface area contributed by atoms with Crippen molar-refractivity contribution in [3.05, 3.63) is 90.3 Å². The van der Waals surface area contributed by atoms with E-state index in [1.54, 1.807) is 18.2 Å². The van der Waals surface area contributed by atoms with Crippen LogP contribution in [0.5, 0.6) is 5.75 Å². The van der Waals surface area contributed by atoms with E-state index in [9.17, 15) is 9.50 Å². The summed E-state index contributed by atoms with van der Waals surface area (Å²) in [7, 11) is 0. The highest BCUT2D eigenvalue weighted by atomic mass is 19.1. The van der Waals surface area contributed by atoms with Gasteiger partial charge >= 0.3 is 0 Å². The molecule has 110 valence electrons. The topological polar surface area (TPSA) is 20.2 Å². The molecule has 0 aromatic heterocycles. The highest BCUT2D eigenvalue weighted by Crippen LogP contribution is 2.39. The monoisotopic (exact) mass is 292 g/mol. The summed E-state index contributed by atoms with van der Waals surface area (Å²) in [6, 6.07) is 18.0. The summed E-state index contributed by atoms with van der Waals surface area (Å²) in [5, 5.41) is 12.5. The first-order valence-corrected chi connectivity index (χ1v) is 7.27. The molecule has 1 nitrogen and oxygen atoms in total. The molecule has 0 radical (unpaired) electrons. The van der Waals surface area contributed by atoms with Gasteiger partial charge in [-0.3, -0.25) is 0 Å². The second kappa shape index (κ2) is 6.02.